The predicted molar refractivity (Wildman–Crippen MR) is 157 cm³/mol. The molecule has 3 rings (SSSR count). The van der Waals surface area contributed by atoms with Gasteiger partial charge in [0.2, 0.25) is 11.8 Å². The number of nitrogens with two attached hydrogens (primary N) is 1. The molecule has 0 aliphatic carbocycles. The minimum atomic E-state index is -0.0319. The van der Waals surface area contributed by atoms with Crippen LogP contribution in [-0.2, 0) is 35.1 Å². The van der Waals surface area contributed by atoms with Crippen molar-refractivity contribution in [3.63, 3.8) is 0 Å². The fourth-order valence-corrected chi connectivity index (χ4v) is 4.27. The zero-order chi connectivity index (χ0) is 28.3. The number of unbranched alkanes of at least 4 members (excludes halogenated alkanes) is 1. The van der Waals surface area contributed by atoms with Gasteiger partial charge in [-0.2, -0.15) is 0 Å². The molecule has 0 atom stereocenters. The van der Waals surface area contributed by atoms with Gasteiger partial charge < -0.3 is 34.9 Å². The molecule has 0 fully saturated rings. The molecule has 2 aromatic carbocycles. The molecule has 0 saturated heterocycles. The second-order valence-corrected chi connectivity index (χ2v) is 9.37. The molecule has 0 saturated carbocycles. The van der Waals surface area contributed by atoms with E-state index < -0.39 is 0 Å². The minimum absolute atomic E-state index is 0.0319. The van der Waals surface area contributed by atoms with Crippen molar-refractivity contribution in [3.05, 3.63) is 65.2 Å². The van der Waals surface area contributed by atoms with Crippen molar-refractivity contribution < 1.29 is 28.5 Å². The van der Waals surface area contributed by atoms with Crippen LogP contribution in [0, 0.1) is 0 Å². The summed E-state index contributed by atoms with van der Waals surface area (Å²) in [6.45, 7) is 5.44. The van der Waals surface area contributed by atoms with E-state index in [0.29, 0.717) is 98.2 Å². The number of fused-ring (bicyclic) bond motifs is 2. The molecular weight excluding hydrogens is 510 g/mol. The van der Waals surface area contributed by atoms with Crippen molar-refractivity contribution in [2.24, 2.45) is 5.73 Å². The average molecular weight is 554 g/mol. The molecule has 1 heterocycles. The van der Waals surface area contributed by atoms with Crippen LogP contribution >= 0.6 is 0 Å². The molecule has 1 aliphatic rings. The first-order valence-electron chi connectivity index (χ1n) is 14.1. The number of nitrogens with zero attached hydrogens (tertiary/aromatic N) is 1. The first-order chi connectivity index (χ1) is 19.7. The summed E-state index contributed by atoms with van der Waals surface area (Å²) >= 11 is 0. The summed E-state index contributed by atoms with van der Waals surface area (Å²) in [5.74, 6) is 0.0345. The topological polar surface area (TPSA) is 112 Å². The number of carbonyl (C=O) groups excluding carboxylic acids is 2. The lowest BCUT2D eigenvalue weighted by atomic mass is 10.0. The lowest BCUT2D eigenvalue weighted by Crippen LogP contribution is -2.31. The number of carbonyl (C=O) groups is 2. The molecule has 0 bridgehead atoms. The van der Waals surface area contributed by atoms with Crippen LogP contribution in [0.3, 0.4) is 0 Å². The quantitative estimate of drug-likeness (QED) is 0.257. The third-order valence-corrected chi connectivity index (χ3v) is 6.35. The number of ether oxygens (including phenoxy) is 4. The van der Waals surface area contributed by atoms with Crippen molar-refractivity contribution in [2.45, 2.75) is 32.2 Å². The Labute approximate surface area is 237 Å². The van der Waals surface area contributed by atoms with Gasteiger partial charge in [0.15, 0.2) is 0 Å². The van der Waals surface area contributed by atoms with Crippen LogP contribution in [0.5, 0.6) is 0 Å². The van der Waals surface area contributed by atoms with Crippen LogP contribution in [0.1, 0.15) is 42.4 Å². The van der Waals surface area contributed by atoms with Crippen LogP contribution in [0.15, 0.2) is 48.5 Å². The van der Waals surface area contributed by atoms with Gasteiger partial charge in [0.05, 0.1) is 65.1 Å². The van der Waals surface area contributed by atoms with E-state index in [0.717, 1.165) is 22.4 Å². The Hall–Kier alpha value is -3.08. The zero-order valence-electron chi connectivity index (χ0n) is 23.4. The fraction of sp³-hybridized carbons (Fsp3) is 0.484. The lowest BCUT2D eigenvalue weighted by molar-refractivity contribution is -0.122. The van der Waals surface area contributed by atoms with Gasteiger partial charge in [-0.1, -0.05) is 54.6 Å². The number of anilines is 1. The molecule has 0 aromatic heterocycles. The monoisotopic (exact) mass is 553 g/mol. The maximum Gasteiger partial charge on any atom is 0.227 e. The molecule has 0 spiro atoms. The normalized spacial score (nSPS) is 12.4. The SMILES string of the molecule is NCCOCCOCCOCCOCCNC(=O)CCCCC(=O)N1Cc2ccccc2C=Cc2ccccc21. The average Bonchev–Trinajstić information content (AvgIpc) is 2.96. The van der Waals surface area contributed by atoms with Crippen molar-refractivity contribution in [2.75, 3.05) is 70.8 Å². The summed E-state index contributed by atoms with van der Waals surface area (Å²) in [6, 6.07) is 16.1. The van der Waals surface area contributed by atoms with Crippen LogP contribution in [0.4, 0.5) is 5.69 Å². The maximum atomic E-state index is 13.3. The minimum Gasteiger partial charge on any atom is -0.378 e. The van der Waals surface area contributed by atoms with Gasteiger partial charge in [0, 0.05) is 25.9 Å². The summed E-state index contributed by atoms with van der Waals surface area (Å²) in [5.41, 5.74) is 9.51. The summed E-state index contributed by atoms with van der Waals surface area (Å²) < 4.78 is 21.5. The van der Waals surface area contributed by atoms with E-state index in [1.165, 1.54) is 0 Å². The Morgan fingerprint density at radius 3 is 2.02 bits per heavy atom. The molecule has 2 aromatic rings. The summed E-state index contributed by atoms with van der Waals surface area (Å²) in [4.78, 5) is 27.3. The molecule has 9 heteroatoms. The molecule has 0 radical (unpaired) electrons. The van der Waals surface area contributed by atoms with E-state index in [1.807, 2.05) is 41.3 Å². The number of amides is 2. The third-order valence-electron chi connectivity index (χ3n) is 6.35. The maximum absolute atomic E-state index is 13.3. The zero-order valence-corrected chi connectivity index (χ0v) is 23.4. The third kappa shape index (κ3) is 11.6. The molecule has 1 aliphatic heterocycles. The van der Waals surface area contributed by atoms with Crippen LogP contribution in [0.25, 0.3) is 12.2 Å². The van der Waals surface area contributed by atoms with Crippen molar-refractivity contribution in [1.82, 2.24) is 5.32 Å². The second-order valence-electron chi connectivity index (χ2n) is 9.37. The first kappa shape index (κ1) is 31.4. The number of nitrogens with one attached hydrogen (secondary N) is 1. The Bertz CT molecular complexity index is 1060. The highest BCUT2D eigenvalue weighted by molar-refractivity contribution is 5.97. The predicted octanol–water partition coefficient (Wildman–Crippen LogP) is 3.41. The van der Waals surface area contributed by atoms with Gasteiger partial charge in [-0.05, 0) is 35.6 Å². The fourth-order valence-electron chi connectivity index (χ4n) is 4.27. The summed E-state index contributed by atoms with van der Waals surface area (Å²) in [6.07, 6.45) is 6.25. The summed E-state index contributed by atoms with van der Waals surface area (Å²) in [7, 11) is 0. The number of benzene rings is 2. The Morgan fingerprint density at radius 2 is 1.30 bits per heavy atom. The summed E-state index contributed by atoms with van der Waals surface area (Å²) in [5, 5.41) is 2.87. The largest absolute Gasteiger partial charge is 0.378 e. The van der Waals surface area contributed by atoms with E-state index in [1.54, 1.807) is 0 Å². The van der Waals surface area contributed by atoms with Crippen LogP contribution < -0.4 is 16.0 Å². The van der Waals surface area contributed by atoms with Gasteiger partial charge in [-0.3, -0.25) is 9.59 Å². The van der Waals surface area contributed by atoms with Gasteiger partial charge in [-0.15, -0.1) is 0 Å². The molecule has 218 valence electrons. The van der Waals surface area contributed by atoms with Gasteiger partial charge in [0.1, 0.15) is 0 Å². The van der Waals surface area contributed by atoms with Crippen LogP contribution in [-0.4, -0.2) is 77.8 Å². The molecule has 3 N–H and O–H groups in total. The lowest BCUT2D eigenvalue weighted by Gasteiger charge is -2.27. The van der Waals surface area contributed by atoms with E-state index in [-0.39, 0.29) is 11.8 Å². The van der Waals surface area contributed by atoms with Crippen molar-refractivity contribution in [3.8, 4) is 0 Å². The van der Waals surface area contributed by atoms with E-state index in [9.17, 15) is 9.59 Å². The molecule has 2 amide bonds. The first-order valence-corrected chi connectivity index (χ1v) is 14.1. The number of hydrogen-bond donors (Lipinski definition) is 2. The van der Waals surface area contributed by atoms with E-state index in [4.69, 9.17) is 24.7 Å². The highest BCUT2D eigenvalue weighted by atomic mass is 16.6. The van der Waals surface area contributed by atoms with Crippen LogP contribution in [0.2, 0.25) is 0 Å². The van der Waals surface area contributed by atoms with E-state index in [2.05, 4.69) is 29.6 Å². The number of para-hydroxylation sites is 1. The molecule has 9 nitrogen and oxygen atoms in total. The highest BCUT2D eigenvalue weighted by Crippen LogP contribution is 2.29. The Balaban J connectivity index is 1.24. The number of hydrogen-bond acceptors (Lipinski definition) is 7. The smallest absolute Gasteiger partial charge is 0.227 e. The Kier molecular flexibility index (Phi) is 15.0. The molecule has 0 unspecified atom stereocenters. The molecular formula is C31H43N3O6. The molecule has 40 heavy (non-hydrogen) atoms. The number of rotatable bonds is 19. The highest BCUT2D eigenvalue weighted by Gasteiger charge is 2.20. The van der Waals surface area contributed by atoms with Crippen molar-refractivity contribution >= 4 is 29.7 Å². The standard InChI is InChI=1S/C31H43N3O6/c32-15-17-37-19-21-39-23-24-40-22-20-38-18-16-33-30(35)11-5-6-12-31(36)34-25-28-9-2-1-7-26(28)13-14-27-8-3-4-10-29(27)34/h1-4,7-10,13-14H,5-6,11-12,15-25,32H2,(H,33,35). The van der Waals surface area contributed by atoms with Gasteiger partial charge in [0.25, 0.3) is 0 Å². The van der Waals surface area contributed by atoms with Gasteiger partial charge >= 0.3 is 0 Å². The Morgan fingerprint density at radius 1 is 0.725 bits per heavy atom. The van der Waals surface area contributed by atoms with Crippen molar-refractivity contribution in [1.29, 1.82) is 0 Å². The van der Waals surface area contributed by atoms with E-state index >= 15 is 0 Å². The van der Waals surface area contributed by atoms with Gasteiger partial charge in [-0.25, -0.2) is 0 Å². The second kappa shape index (κ2) is 19.1.